The Bertz CT molecular complexity index is 322. The molecule has 0 aliphatic rings. The summed E-state index contributed by atoms with van der Waals surface area (Å²) in [6.45, 7) is 2.36. The Hall–Kier alpha value is -1.55. The number of methoxy groups -OCH3 is 1. The topological polar surface area (TPSA) is 64.3 Å². The van der Waals surface area contributed by atoms with Crippen LogP contribution in [0.1, 0.15) is 12.5 Å². The van der Waals surface area contributed by atoms with Crippen molar-refractivity contribution in [3.05, 3.63) is 29.8 Å². The van der Waals surface area contributed by atoms with Gasteiger partial charge in [-0.15, -0.1) is 0 Å². The van der Waals surface area contributed by atoms with E-state index in [0.29, 0.717) is 6.54 Å². The molecule has 1 atom stereocenters. The fourth-order valence-electron chi connectivity index (χ4n) is 1.11. The van der Waals surface area contributed by atoms with Crippen LogP contribution in [0.15, 0.2) is 24.3 Å². The second-order valence-corrected chi connectivity index (χ2v) is 3.35. The highest BCUT2D eigenvalue weighted by Crippen LogP contribution is 2.10. The van der Waals surface area contributed by atoms with Crippen LogP contribution >= 0.6 is 0 Å². The predicted molar refractivity (Wildman–Crippen MR) is 58.5 cm³/mol. The third-order valence-electron chi connectivity index (χ3n) is 2.20. The van der Waals surface area contributed by atoms with Gasteiger partial charge in [0.2, 0.25) is 5.91 Å². The van der Waals surface area contributed by atoms with Gasteiger partial charge in [-0.25, -0.2) is 0 Å². The maximum absolute atomic E-state index is 10.8. The summed E-state index contributed by atoms with van der Waals surface area (Å²) in [5, 5.41) is 3.02. The van der Waals surface area contributed by atoms with E-state index in [1.807, 2.05) is 24.3 Å². The van der Waals surface area contributed by atoms with Gasteiger partial charge in [-0.2, -0.15) is 0 Å². The third kappa shape index (κ3) is 3.59. The van der Waals surface area contributed by atoms with Gasteiger partial charge in [0.05, 0.1) is 13.2 Å². The number of amides is 1. The van der Waals surface area contributed by atoms with E-state index < -0.39 is 0 Å². The molecule has 1 aromatic carbocycles. The van der Waals surface area contributed by atoms with Crippen LogP contribution in [0.5, 0.6) is 5.75 Å². The molecule has 82 valence electrons. The van der Waals surface area contributed by atoms with E-state index in [0.717, 1.165) is 11.3 Å². The van der Waals surface area contributed by atoms with Gasteiger partial charge >= 0.3 is 0 Å². The molecule has 0 saturated carbocycles. The van der Waals surface area contributed by atoms with Crippen LogP contribution in [-0.4, -0.2) is 19.1 Å². The third-order valence-corrected chi connectivity index (χ3v) is 2.20. The highest BCUT2D eigenvalue weighted by atomic mass is 16.5. The average molecular weight is 208 g/mol. The molecule has 0 heterocycles. The monoisotopic (exact) mass is 208 g/mol. The molecule has 0 aliphatic heterocycles. The minimum atomic E-state index is -0.344. The summed E-state index contributed by atoms with van der Waals surface area (Å²) in [5.41, 5.74) is 6.21. The number of nitrogens with two attached hydrogens (primary N) is 1. The quantitative estimate of drug-likeness (QED) is 0.747. The molecule has 0 aliphatic carbocycles. The lowest BCUT2D eigenvalue weighted by Crippen LogP contribution is -2.38. The zero-order valence-electron chi connectivity index (χ0n) is 8.99. The van der Waals surface area contributed by atoms with Crippen LogP contribution < -0.4 is 15.8 Å². The number of rotatable bonds is 5. The smallest absolute Gasteiger partial charge is 0.234 e. The summed E-state index contributed by atoms with van der Waals surface area (Å²) in [6.07, 6.45) is 0. The standard InChI is InChI=1S/C11H16N2O2/c1-8(11(12)14)13-7-9-3-5-10(15-2)6-4-9/h3-6,8,13H,7H2,1-2H3,(H2,12,14). The molecule has 3 N–H and O–H groups in total. The molecule has 0 spiro atoms. The van der Waals surface area contributed by atoms with Gasteiger partial charge in [0.25, 0.3) is 0 Å². The second kappa shape index (κ2) is 5.36. The lowest BCUT2D eigenvalue weighted by atomic mass is 10.2. The van der Waals surface area contributed by atoms with E-state index in [1.165, 1.54) is 0 Å². The highest BCUT2D eigenvalue weighted by Gasteiger charge is 2.06. The van der Waals surface area contributed by atoms with Crippen molar-refractivity contribution in [3.63, 3.8) is 0 Å². The van der Waals surface area contributed by atoms with Gasteiger partial charge in [-0.3, -0.25) is 4.79 Å². The molecule has 0 radical (unpaired) electrons. The van der Waals surface area contributed by atoms with E-state index in [2.05, 4.69) is 5.32 Å². The molecule has 15 heavy (non-hydrogen) atoms. The zero-order chi connectivity index (χ0) is 11.3. The van der Waals surface area contributed by atoms with E-state index in [-0.39, 0.29) is 11.9 Å². The normalized spacial score (nSPS) is 12.1. The predicted octanol–water partition coefficient (Wildman–Crippen LogP) is 0.659. The minimum Gasteiger partial charge on any atom is -0.497 e. The fourth-order valence-corrected chi connectivity index (χ4v) is 1.11. The van der Waals surface area contributed by atoms with Crippen LogP contribution in [0.25, 0.3) is 0 Å². The summed E-state index contributed by atoms with van der Waals surface area (Å²) >= 11 is 0. The van der Waals surface area contributed by atoms with E-state index in [4.69, 9.17) is 10.5 Å². The van der Waals surface area contributed by atoms with Crippen LogP contribution in [0.3, 0.4) is 0 Å². The Balaban J connectivity index is 2.47. The molecule has 4 nitrogen and oxygen atoms in total. The number of nitrogens with one attached hydrogen (secondary N) is 1. The van der Waals surface area contributed by atoms with E-state index in [9.17, 15) is 4.79 Å². The highest BCUT2D eigenvalue weighted by molar-refractivity contribution is 5.79. The maximum Gasteiger partial charge on any atom is 0.234 e. The van der Waals surface area contributed by atoms with Gasteiger partial charge in [-0.05, 0) is 24.6 Å². The first kappa shape index (κ1) is 11.5. The van der Waals surface area contributed by atoms with Crippen molar-refractivity contribution in [2.45, 2.75) is 19.5 Å². The second-order valence-electron chi connectivity index (χ2n) is 3.35. The molecule has 1 rings (SSSR count). The molecule has 4 heteroatoms. The first-order valence-electron chi connectivity index (χ1n) is 4.79. The molecular weight excluding hydrogens is 192 g/mol. The van der Waals surface area contributed by atoms with E-state index in [1.54, 1.807) is 14.0 Å². The number of ether oxygens (including phenoxy) is 1. The summed E-state index contributed by atoms with van der Waals surface area (Å²) in [4.78, 5) is 10.8. The Labute approximate surface area is 89.4 Å². The lowest BCUT2D eigenvalue weighted by Gasteiger charge is -2.10. The number of carbonyl (C=O) groups excluding carboxylic acids is 1. The molecule has 1 aromatic rings. The Morgan fingerprint density at radius 1 is 1.47 bits per heavy atom. The van der Waals surface area contributed by atoms with Gasteiger partial charge in [0.15, 0.2) is 0 Å². The van der Waals surface area contributed by atoms with Crippen LogP contribution in [-0.2, 0) is 11.3 Å². The number of carbonyl (C=O) groups is 1. The molecule has 0 aromatic heterocycles. The van der Waals surface area contributed by atoms with Crippen molar-refractivity contribution < 1.29 is 9.53 Å². The van der Waals surface area contributed by atoms with Gasteiger partial charge in [0.1, 0.15) is 5.75 Å². The molecule has 1 unspecified atom stereocenters. The molecule has 0 bridgehead atoms. The molecular formula is C11H16N2O2. The van der Waals surface area contributed by atoms with Gasteiger partial charge < -0.3 is 15.8 Å². The fraction of sp³-hybridized carbons (Fsp3) is 0.364. The lowest BCUT2D eigenvalue weighted by molar-refractivity contribution is -0.119. The number of hydrogen-bond acceptors (Lipinski definition) is 3. The first-order valence-corrected chi connectivity index (χ1v) is 4.79. The summed E-state index contributed by atoms with van der Waals surface area (Å²) in [7, 11) is 1.63. The van der Waals surface area contributed by atoms with Crippen molar-refractivity contribution in [1.29, 1.82) is 0 Å². The minimum absolute atomic E-state index is 0.313. The van der Waals surface area contributed by atoms with Crippen molar-refractivity contribution in [2.75, 3.05) is 7.11 Å². The number of primary amides is 1. The summed E-state index contributed by atoms with van der Waals surface area (Å²) < 4.78 is 5.04. The maximum atomic E-state index is 10.8. The summed E-state index contributed by atoms with van der Waals surface area (Å²) in [5.74, 6) is 0.477. The van der Waals surface area contributed by atoms with E-state index >= 15 is 0 Å². The van der Waals surface area contributed by atoms with Crippen molar-refractivity contribution >= 4 is 5.91 Å². The molecule has 0 saturated heterocycles. The van der Waals surface area contributed by atoms with Gasteiger partial charge in [0, 0.05) is 6.54 Å². The van der Waals surface area contributed by atoms with Gasteiger partial charge in [-0.1, -0.05) is 12.1 Å². The van der Waals surface area contributed by atoms with Crippen molar-refractivity contribution in [3.8, 4) is 5.75 Å². The first-order chi connectivity index (χ1) is 7.13. The SMILES string of the molecule is COc1ccc(CNC(C)C(N)=O)cc1. The Morgan fingerprint density at radius 2 is 2.07 bits per heavy atom. The van der Waals surface area contributed by atoms with Crippen LogP contribution in [0.4, 0.5) is 0 Å². The summed E-state index contributed by atoms with van der Waals surface area (Å²) in [6, 6.07) is 7.34. The van der Waals surface area contributed by atoms with Crippen molar-refractivity contribution in [1.82, 2.24) is 5.32 Å². The van der Waals surface area contributed by atoms with Crippen LogP contribution in [0, 0.1) is 0 Å². The van der Waals surface area contributed by atoms with Crippen molar-refractivity contribution in [2.24, 2.45) is 5.73 Å². The molecule has 1 amide bonds. The number of benzene rings is 1. The Kier molecular flexibility index (Phi) is 4.12. The largest absolute Gasteiger partial charge is 0.497 e. The molecule has 0 fully saturated rings. The zero-order valence-corrected chi connectivity index (χ0v) is 8.99. The van der Waals surface area contributed by atoms with Crippen LogP contribution in [0.2, 0.25) is 0 Å². The Morgan fingerprint density at radius 3 is 2.53 bits per heavy atom. The average Bonchev–Trinajstić information content (AvgIpc) is 2.26. The number of hydrogen-bond donors (Lipinski definition) is 2.